The number of anilines is 2. The quantitative estimate of drug-likeness (QED) is 0.307. The van der Waals surface area contributed by atoms with E-state index in [2.05, 4.69) is 25.5 Å². The Morgan fingerprint density at radius 3 is 2.60 bits per heavy atom. The van der Waals surface area contributed by atoms with Crippen molar-refractivity contribution in [2.45, 2.75) is 26.2 Å². The number of benzene rings is 2. The fraction of sp³-hybridized carbons (Fsp3) is 0.250. The van der Waals surface area contributed by atoms with Crippen LogP contribution in [0.4, 0.5) is 24.8 Å². The Morgan fingerprint density at radius 1 is 1.02 bits per heavy atom. The molecule has 0 saturated heterocycles. The van der Waals surface area contributed by atoms with Crippen LogP contribution in [0.2, 0.25) is 5.02 Å². The molecule has 4 heterocycles. The lowest BCUT2D eigenvalue weighted by atomic mass is 10.2. The highest BCUT2D eigenvalue weighted by Crippen LogP contribution is 2.32. The molecule has 0 aliphatic carbocycles. The molecule has 40 heavy (non-hydrogen) atoms. The van der Waals surface area contributed by atoms with Gasteiger partial charge in [-0.05, 0) is 18.2 Å². The van der Waals surface area contributed by atoms with E-state index in [9.17, 15) is 22.8 Å². The lowest BCUT2D eigenvalue weighted by Crippen LogP contribution is -2.43. The highest BCUT2D eigenvalue weighted by atomic mass is 35.5. The molecule has 0 fully saturated rings. The molecule has 0 bridgehead atoms. The Balaban J connectivity index is 1.47. The maximum atomic E-state index is 14.6. The highest BCUT2D eigenvalue weighted by Gasteiger charge is 2.21. The van der Waals surface area contributed by atoms with Crippen molar-refractivity contribution in [3.05, 3.63) is 91.1 Å². The number of hydrogen-bond acceptors (Lipinski definition) is 8. The Morgan fingerprint density at radius 2 is 1.82 bits per heavy atom. The first-order valence-corrected chi connectivity index (χ1v) is 12.3. The van der Waals surface area contributed by atoms with Gasteiger partial charge in [0.25, 0.3) is 0 Å². The Kier molecular flexibility index (Phi) is 6.38. The molecular formula is C24H19ClF3N9O3. The molecule has 5 aromatic rings. The molecule has 0 atom stereocenters. The first-order valence-electron chi connectivity index (χ1n) is 11.9. The van der Waals surface area contributed by atoms with E-state index in [1.807, 2.05) is 0 Å². The summed E-state index contributed by atoms with van der Waals surface area (Å²) in [6.45, 7) is 0.481. The lowest BCUT2D eigenvalue weighted by molar-refractivity contribution is 0.0812. The monoisotopic (exact) mass is 573 g/mol. The molecule has 6 rings (SSSR count). The Labute approximate surface area is 227 Å². The third-order valence-corrected chi connectivity index (χ3v) is 6.70. The van der Waals surface area contributed by atoms with E-state index >= 15 is 0 Å². The van der Waals surface area contributed by atoms with E-state index in [1.165, 1.54) is 11.0 Å². The van der Waals surface area contributed by atoms with Crippen molar-refractivity contribution in [3.8, 4) is 0 Å². The summed E-state index contributed by atoms with van der Waals surface area (Å²) in [5.74, 6) is -3.93. The van der Waals surface area contributed by atoms with Gasteiger partial charge >= 0.3 is 11.4 Å². The predicted molar refractivity (Wildman–Crippen MR) is 136 cm³/mol. The van der Waals surface area contributed by atoms with Crippen LogP contribution in [0.15, 0.2) is 40.2 Å². The fourth-order valence-corrected chi connectivity index (χ4v) is 4.64. The molecule has 0 amide bonds. The number of fused-ring (bicyclic) bond motifs is 3. The summed E-state index contributed by atoms with van der Waals surface area (Å²) in [4.78, 5) is 34.5. The van der Waals surface area contributed by atoms with Crippen LogP contribution in [-0.4, -0.2) is 45.3 Å². The van der Waals surface area contributed by atoms with Crippen molar-refractivity contribution in [1.29, 1.82) is 0 Å². The van der Waals surface area contributed by atoms with Crippen molar-refractivity contribution in [3.63, 3.8) is 0 Å². The van der Waals surface area contributed by atoms with Crippen molar-refractivity contribution < 1.29 is 17.9 Å². The number of aryl methyl sites for hydroxylation is 1. The molecular weight excluding hydrogens is 555 g/mol. The summed E-state index contributed by atoms with van der Waals surface area (Å²) in [6, 6.07) is 4.29. The Hall–Kier alpha value is -4.50. The van der Waals surface area contributed by atoms with E-state index in [1.54, 1.807) is 23.9 Å². The minimum atomic E-state index is -1.38. The normalized spacial score (nSPS) is 13.1. The molecule has 3 aromatic heterocycles. The van der Waals surface area contributed by atoms with Crippen LogP contribution in [0.25, 0.3) is 10.9 Å². The van der Waals surface area contributed by atoms with Crippen LogP contribution in [0.5, 0.6) is 0 Å². The third-order valence-electron chi connectivity index (χ3n) is 6.38. The average Bonchev–Trinajstić information content (AvgIpc) is 3.49. The van der Waals surface area contributed by atoms with Gasteiger partial charge in [0.15, 0.2) is 17.5 Å². The molecule has 1 aliphatic rings. The van der Waals surface area contributed by atoms with E-state index in [0.29, 0.717) is 37.4 Å². The number of aromatic nitrogens is 8. The largest absolute Gasteiger partial charge is 0.373 e. The minimum absolute atomic E-state index is 0.150. The van der Waals surface area contributed by atoms with Crippen molar-refractivity contribution in [1.82, 2.24) is 38.7 Å². The molecule has 0 spiro atoms. The molecule has 1 aliphatic heterocycles. The van der Waals surface area contributed by atoms with Gasteiger partial charge in [-0.15, -0.1) is 0 Å². The van der Waals surface area contributed by atoms with Gasteiger partial charge in [-0.25, -0.2) is 32.3 Å². The van der Waals surface area contributed by atoms with Crippen molar-refractivity contribution in [2.75, 3.05) is 11.9 Å². The zero-order valence-electron chi connectivity index (χ0n) is 20.7. The number of nitrogens with zero attached hydrogens (tertiary/aromatic N) is 8. The zero-order valence-corrected chi connectivity index (χ0v) is 21.5. The van der Waals surface area contributed by atoms with Gasteiger partial charge in [0, 0.05) is 24.1 Å². The van der Waals surface area contributed by atoms with Crippen LogP contribution in [-0.2, 0) is 38.0 Å². The highest BCUT2D eigenvalue weighted by molar-refractivity contribution is 6.34. The van der Waals surface area contributed by atoms with Gasteiger partial charge in [0.1, 0.15) is 12.1 Å². The molecule has 206 valence electrons. The Bertz CT molecular complexity index is 1910. The topological polar surface area (TPSA) is 127 Å². The van der Waals surface area contributed by atoms with Crippen LogP contribution in [0.3, 0.4) is 0 Å². The van der Waals surface area contributed by atoms with Gasteiger partial charge in [-0.2, -0.15) is 15.2 Å². The molecule has 1 N–H and O–H groups in total. The SMILES string of the molecule is Cn1cnc(Cn2c(=O)nc(Nc3cc4c5n(nc4cc3Cl)CCOC5)n(Cc3cc(F)c(F)cc3F)c2=O)n1. The second-order valence-electron chi connectivity index (χ2n) is 9.06. The van der Waals surface area contributed by atoms with Gasteiger partial charge in [0.2, 0.25) is 5.95 Å². The summed E-state index contributed by atoms with van der Waals surface area (Å²) in [6.07, 6.45) is 1.39. The van der Waals surface area contributed by atoms with E-state index in [-0.39, 0.29) is 34.6 Å². The predicted octanol–water partition coefficient (Wildman–Crippen LogP) is 2.32. The van der Waals surface area contributed by atoms with E-state index < -0.39 is 35.4 Å². The standard InChI is InChI=1S/C24H19ClF3N9O3/c1-34-11-29-21(33-34)9-36-23(38)31-22(35(24(36)39)8-12-4-16(27)17(28)7-15(12)26)30-19-5-13-18(6-14(19)25)32-37-2-3-40-10-20(13)37/h4-7,11H,2-3,8-10H2,1H3,(H,30,31,38). The second-order valence-corrected chi connectivity index (χ2v) is 9.47. The molecule has 16 heteroatoms. The van der Waals surface area contributed by atoms with E-state index in [4.69, 9.17) is 16.3 Å². The van der Waals surface area contributed by atoms with E-state index in [0.717, 1.165) is 20.2 Å². The smallest absolute Gasteiger partial charge is 0.355 e. The summed E-state index contributed by atoms with van der Waals surface area (Å²) < 4.78 is 52.5. The minimum Gasteiger partial charge on any atom is -0.373 e. The number of hydrogen-bond donors (Lipinski definition) is 1. The molecule has 2 aromatic carbocycles. The third kappa shape index (κ3) is 4.62. The first kappa shape index (κ1) is 25.8. The van der Waals surface area contributed by atoms with Gasteiger partial charge < -0.3 is 10.1 Å². The van der Waals surface area contributed by atoms with Gasteiger partial charge in [-0.3, -0.25) is 13.9 Å². The van der Waals surface area contributed by atoms with Crippen LogP contribution in [0.1, 0.15) is 17.1 Å². The molecule has 0 unspecified atom stereocenters. The number of ether oxygens (including phenoxy) is 1. The number of nitrogens with one attached hydrogen (secondary N) is 1. The van der Waals surface area contributed by atoms with Crippen molar-refractivity contribution in [2.24, 2.45) is 7.05 Å². The summed E-state index contributed by atoms with van der Waals surface area (Å²) >= 11 is 6.50. The van der Waals surface area contributed by atoms with Crippen LogP contribution in [0, 0.1) is 17.5 Å². The molecule has 12 nitrogen and oxygen atoms in total. The zero-order chi connectivity index (χ0) is 28.1. The second kappa shape index (κ2) is 9.91. The maximum Gasteiger partial charge on any atom is 0.355 e. The lowest BCUT2D eigenvalue weighted by Gasteiger charge is -2.17. The molecule has 0 saturated carbocycles. The summed E-state index contributed by atoms with van der Waals surface area (Å²) in [5.41, 5.74) is -0.526. The number of rotatable bonds is 6. The fourth-order valence-electron chi connectivity index (χ4n) is 4.44. The summed E-state index contributed by atoms with van der Waals surface area (Å²) in [5, 5.41) is 12.4. The average molecular weight is 574 g/mol. The van der Waals surface area contributed by atoms with Crippen molar-refractivity contribution >= 4 is 34.1 Å². The molecule has 0 radical (unpaired) electrons. The maximum absolute atomic E-state index is 14.6. The summed E-state index contributed by atoms with van der Waals surface area (Å²) in [7, 11) is 1.61. The van der Waals surface area contributed by atoms with Crippen LogP contribution < -0.4 is 16.7 Å². The van der Waals surface area contributed by atoms with Gasteiger partial charge in [-0.1, -0.05) is 11.6 Å². The number of halogens is 4. The first-order chi connectivity index (χ1) is 19.2. The van der Waals surface area contributed by atoms with Gasteiger partial charge in [0.05, 0.1) is 54.8 Å². The van der Waals surface area contributed by atoms with Crippen LogP contribution >= 0.6 is 11.6 Å².